The molecule has 6 nitrogen and oxygen atoms in total. The molecule has 0 saturated carbocycles. The van der Waals surface area contributed by atoms with Gasteiger partial charge in [-0.25, -0.2) is 9.78 Å². The summed E-state index contributed by atoms with van der Waals surface area (Å²) in [6.07, 6.45) is 0.806. The highest BCUT2D eigenvalue weighted by atomic mass is 32.1. The van der Waals surface area contributed by atoms with Gasteiger partial charge in [0.15, 0.2) is 0 Å². The van der Waals surface area contributed by atoms with Crippen LogP contribution in [-0.2, 0) is 23.1 Å². The predicted octanol–water partition coefficient (Wildman–Crippen LogP) is 3.05. The molecule has 0 atom stereocenters. The lowest BCUT2D eigenvalue weighted by atomic mass is 9.98. The van der Waals surface area contributed by atoms with Crippen LogP contribution in [0.15, 0.2) is 23.6 Å². The molecular formula is C19H24N2O4S. The highest BCUT2D eigenvalue weighted by molar-refractivity contribution is 7.09. The van der Waals surface area contributed by atoms with Crippen molar-refractivity contribution in [3.63, 3.8) is 0 Å². The number of hydrogen-bond acceptors (Lipinski definition) is 5. The number of ether oxygens (including phenoxy) is 1. The molecule has 2 aromatic rings. The molecule has 0 unspecified atom stereocenters. The normalized spacial score (nSPS) is 11.2. The van der Waals surface area contributed by atoms with Gasteiger partial charge in [0, 0.05) is 17.3 Å². The van der Waals surface area contributed by atoms with Crippen molar-refractivity contribution in [2.24, 2.45) is 0 Å². The van der Waals surface area contributed by atoms with Crippen LogP contribution in [0.1, 0.15) is 47.4 Å². The number of carboxylic acid groups (broad SMARTS) is 1. The quantitative estimate of drug-likeness (QED) is 0.775. The van der Waals surface area contributed by atoms with Crippen molar-refractivity contribution in [3.05, 3.63) is 45.4 Å². The van der Waals surface area contributed by atoms with E-state index in [4.69, 9.17) is 9.84 Å². The fraction of sp³-hybridized carbons (Fsp3) is 0.421. The topological polar surface area (TPSA) is 88.5 Å². The number of nitrogens with zero attached hydrogens (tertiary/aromatic N) is 1. The van der Waals surface area contributed by atoms with Gasteiger partial charge in [-0.1, -0.05) is 26.8 Å². The fourth-order valence-corrected chi connectivity index (χ4v) is 3.29. The molecule has 0 bridgehead atoms. The van der Waals surface area contributed by atoms with Crippen molar-refractivity contribution in [2.75, 3.05) is 13.7 Å². The Bertz CT molecular complexity index is 793. The number of nitrogens with one attached hydrogen (secondary N) is 1. The van der Waals surface area contributed by atoms with Crippen LogP contribution in [0.4, 0.5) is 0 Å². The number of carbonyl (C=O) groups is 2. The van der Waals surface area contributed by atoms with E-state index in [9.17, 15) is 9.59 Å². The monoisotopic (exact) mass is 376 g/mol. The summed E-state index contributed by atoms with van der Waals surface area (Å²) in [6.45, 7) is 6.73. The van der Waals surface area contributed by atoms with Crippen LogP contribution in [-0.4, -0.2) is 35.6 Å². The Kier molecular flexibility index (Phi) is 6.37. The second-order valence-corrected chi connectivity index (χ2v) is 7.86. The zero-order valence-corrected chi connectivity index (χ0v) is 16.3. The molecule has 0 radical (unpaired) electrons. The van der Waals surface area contributed by atoms with E-state index in [0.29, 0.717) is 18.7 Å². The number of aromatic carboxylic acids is 1. The van der Waals surface area contributed by atoms with E-state index >= 15 is 0 Å². The smallest absolute Gasteiger partial charge is 0.335 e. The van der Waals surface area contributed by atoms with E-state index in [-0.39, 0.29) is 23.3 Å². The minimum absolute atomic E-state index is 0.0158. The van der Waals surface area contributed by atoms with Crippen molar-refractivity contribution >= 4 is 23.2 Å². The first-order valence-electron chi connectivity index (χ1n) is 8.32. The molecule has 0 saturated heterocycles. The standard InChI is InChI=1S/C19H24N2O4S/c1-19(2,3)18-21-14(11-26-18)10-16(22)20-8-7-12-5-6-13(17(23)24)9-15(12)25-4/h5-6,9,11H,7-8,10H2,1-4H3,(H,20,22)(H,23,24). The van der Waals surface area contributed by atoms with E-state index in [1.54, 1.807) is 17.4 Å². The lowest BCUT2D eigenvalue weighted by molar-refractivity contribution is -0.120. The van der Waals surface area contributed by atoms with Crippen LogP contribution in [0.25, 0.3) is 0 Å². The van der Waals surface area contributed by atoms with Crippen molar-refractivity contribution in [2.45, 2.75) is 39.0 Å². The molecule has 2 rings (SSSR count). The molecule has 0 aliphatic rings. The summed E-state index contributed by atoms with van der Waals surface area (Å²) in [5, 5.41) is 14.8. The number of aromatic nitrogens is 1. The van der Waals surface area contributed by atoms with Crippen LogP contribution >= 0.6 is 11.3 Å². The van der Waals surface area contributed by atoms with Gasteiger partial charge in [-0.2, -0.15) is 0 Å². The van der Waals surface area contributed by atoms with Gasteiger partial charge in [0.25, 0.3) is 0 Å². The van der Waals surface area contributed by atoms with Crippen LogP contribution < -0.4 is 10.1 Å². The van der Waals surface area contributed by atoms with Crippen molar-refractivity contribution in [1.82, 2.24) is 10.3 Å². The summed E-state index contributed by atoms with van der Waals surface area (Å²) >= 11 is 1.57. The Balaban J connectivity index is 1.88. The Morgan fingerprint density at radius 2 is 2.04 bits per heavy atom. The lowest BCUT2D eigenvalue weighted by Gasteiger charge is -2.13. The number of rotatable bonds is 7. The Labute approximate surface area is 157 Å². The summed E-state index contributed by atoms with van der Waals surface area (Å²) in [6, 6.07) is 4.73. The Morgan fingerprint density at radius 1 is 1.31 bits per heavy atom. The SMILES string of the molecule is COc1cc(C(=O)O)ccc1CCNC(=O)Cc1csc(C(C)(C)C)n1. The van der Waals surface area contributed by atoms with Gasteiger partial charge >= 0.3 is 5.97 Å². The minimum atomic E-state index is -0.999. The van der Waals surface area contributed by atoms with Gasteiger partial charge in [-0.05, 0) is 24.1 Å². The zero-order chi connectivity index (χ0) is 19.3. The molecule has 0 aliphatic heterocycles. The van der Waals surface area contributed by atoms with E-state index in [1.807, 2.05) is 5.38 Å². The maximum atomic E-state index is 12.1. The molecule has 26 heavy (non-hydrogen) atoms. The van der Waals surface area contributed by atoms with Crippen LogP contribution in [0, 0.1) is 0 Å². The molecular weight excluding hydrogens is 352 g/mol. The van der Waals surface area contributed by atoms with Crippen LogP contribution in [0.3, 0.4) is 0 Å². The molecule has 0 fully saturated rings. The van der Waals surface area contributed by atoms with Crippen molar-refractivity contribution in [1.29, 1.82) is 0 Å². The molecule has 0 aliphatic carbocycles. The van der Waals surface area contributed by atoms with E-state index < -0.39 is 5.97 Å². The number of thiazole rings is 1. The summed E-state index contributed by atoms with van der Waals surface area (Å²) < 4.78 is 5.24. The number of carboxylic acids is 1. The van der Waals surface area contributed by atoms with E-state index in [2.05, 4.69) is 31.1 Å². The molecule has 2 N–H and O–H groups in total. The third-order valence-corrected chi connectivity index (χ3v) is 5.10. The lowest BCUT2D eigenvalue weighted by Crippen LogP contribution is -2.27. The zero-order valence-electron chi connectivity index (χ0n) is 15.5. The summed E-state index contributed by atoms with van der Waals surface area (Å²) in [5.41, 5.74) is 1.79. The first-order chi connectivity index (χ1) is 12.2. The highest BCUT2D eigenvalue weighted by Crippen LogP contribution is 2.25. The van der Waals surface area contributed by atoms with Crippen molar-refractivity contribution in [3.8, 4) is 5.75 Å². The largest absolute Gasteiger partial charge is 0.496 e. The number of amides is 1. The summed E-state index contributed by atoms with van der Waals surface area (Å²) in [7, 11) is 1.50. The second-order valence-electron chi connectivity index (χ2n) is 7.00. The maximum absolute atomic E-state index is 12.1. The molecule has 1 aromatic carbocycles. The van der Waals surface area contributed by atoms with Gasteiger partial charge in [0.2, 0.25) is 5.91 Å². The number of hydrogen-bond donors (Lipinski definition) is 2. The first kappa shape index (κ1) is 19.9. The van der Waals surface area contributed by atoms with E-state index in [1.165, 1.54) is 19.2 Å². The predicted molar refractivity (Wildman–Crippen MR) is 101 cm³/mol. The number of benzene rings is 1. The van der Waals surface area contributed by atoms with Gasteiger partial charge in [0.1, 0.15) is 5.75 Å². The van der Waals surface area contributed by atoms with Gasteiger partial charge in [-0.3, -0.25) is 4.79 Å². The van der Waals surface area contributed by atoms with Gasteiger partial charge in [0.05, 0.1) is 29.8 Å². The van der Waals surface area contributed by atoms with Crippen molar-refractivity contribution < 1.29 is 19.4 Å². The third-order valence-electron chi connectivity index (χ3n) is 3.79. The molecule has 7 heteroatoms. The fourth-order valence-electron chi connectivity index (χ4n) is 2.38. The number of methoxy groups -OCH3 is 1. The molecule has 0 spiro atoms. The van der Waals surface area contributed by atoms with E-state index in [0.717, 1.165) is 16.3 Å². The van der Waals surface area contributed by atoms with Gasteiger partial charge in [-0.15, -0.1) is 11.3 Å². The minimum Gasteiger partial charge on any atom is -0.496 e. The molecule has 140 valence electrons. The molecule has 1 heterocycles. The molecule has 1 aromatic heterocycles. The Morgan fingerprint density at radius 3 is 2.62 bits per heavy atom. The molecule has 1 amide bonds. The summed E-state index contributed by atoms with van der Waals surface area (Å²) in [4.78, 5) is 27.6. The van der Waals surface area contributed by atoms with Crippen LogP contribution in [0.5, 0.6) is 5.75 Å². The third kappa shape index (κ3) is 5.29. The number of carbonyl (C=O) groups excluding carboxylic acids is 1. The second kappa shape index (κ2) is 8.31. The maximum Gasteiger partial charge on any atom is 0.335 e. The first-order valence-corrected chi connectivity index (χ1v) is 9.20. The van der Waals surface area contributed by atoms with Gasteiger partial charge < -0.3 is 15.2 Å². The summed E-state index contributed by atoms with van der Waals surface area (Å²) in [5.74, 6) is -0.577. The highest BCUT2D eigenvalue weighted by Gasteiger charge is 2.18. The average molecular weight is 376 g/mol. The Hall–Kier alpha value is -2.41. The average Bonchev–Trinajstić information content (AvgIpc) is 3.03. The van der Waals surface area contributed by atoms with Crippen LogP contribution in [0.2, 0.25) is 0 Å².